The van der Waals surface area contributed by atoms with Gasteiger partial charge in [-0.15, -0.1) is 11.3 Å². The highest BCUT2D eigenvalue weighted by molar-refractivity contribution is 7.16. The van der Waals surface area contributed by atoms with Gasteiger partial charge in [-0.1, -0.05) is 17.7 Å². The van der Waals surface area contributed by atoms with Crippen LogP contribution >= 0.6 is 22.9 Å². The second-order valence-electron chi connectivity index (χ2n) is 5.42. The monoisotopic (exact) mass is 349 g/mol. The third-order valence-electron chi connectivity index (χ3n) is 3.73. The van der Waals surface area contributed by atoms with Gasteiger partial charge in [-0.2, -0.15) is 0 Å². The Bertz CT molecular complexity index is 704. The summed E-state index contributed by atoms with van der Waals surface area (Å²) in [5, 5.41) is 2.88. The van der Waals surface area contributed by atoms with Crippen molar-refractivity contribution in [3.8, 4) is 0 Å². The molecule has 0 spiro atoms. The molecule has 0 bridgehead atoms. The van der Waals surface area contributed by atoms with Crippen LogP contribution in [-0.4, -0.2) is 28.2 Å². The molecule has 5 nitrogen and oxygen atoms in total. The van der Waals surface area contributed by atoms with Crippen molar-refractivity contribution in [3.05, 3.63) is 51.4 Å². The van der Waals surface area contributed by atoms with E-state index < -0.39 is 0 Å². The number of hydrogen-bond acceptors (Lipinski definition) is 4. The van der Waals surface area contributed by atoms with Crippen molar-refractivity contribution in [2.24, 2.45) is 5.92 Å². The number of rotatable bonds is 5. The lowest BCUT2D eigenvalue weighted by molar-refractivity contribution is -0.129. The lowest BCUT2D eigenvalue weighted by Gasteiger charge is -2.16. The predicted molar refractivity (Wildman–Crippen MR) is 88.9 cm³/mol. The van der Waals surface area contributed by atoms with E-state index in [0.29, 0.717) is 24.0 Å². The van der Waals surface area contributed by atoms with Crippen LogP contribution in [0, 0.1) is 5.92 Å². The smallest absolute Gasteiger partial charge is 0.225 e. The van der Waals surface area contributed by atoms with E-state index in [1.54, 1.807) is 17.2 Å². The lowest BCUT2D eigenvalue weighted by Crippen LogP contribution is -2.32. The number of carbonyl (C=O) groups excluding carboxylic acids is 2. The molecule has 2 amide bonds. The molecule has 2 aromatic rings. The zero-order valence-corrected chi connectivity index (χ0v) is 13.9. The summed E-state index contributed by atoms with van der Waals surface area (Å²) in [6.45, 7) is 1.33. The standard InChI is InChI=1S/C16H16ClN3O2S/c17-14-5-4-13(23-14)8-19-16(22)11-7-15(21)20(9-11)10-12-3-1-2-6-18-12/h1-6,11H,7-10H2,(H,19,22)/t11-/m1/s1. The Morgan fingerprint density at radius 3 is 2.96 bits per heavy atom. The van der Waals surface area contributed by atoms with Gasteiger partial charge in [-0.3, -0.25) is 14.6 Å². The zero-order valence-electron chi connectivity index (χ0n) is 12.4. The fourth-order valence-corrected chi connectivity index (χ4v) is 3.58. The number of amides is 2. The van der Waals surface area contributed by atoms with Crippen LogP contribution in [0.15, 0.2) is 36.5 Å². The van der Waals surface area contributed by atoms with Crippen LogP contribution in [0.5, 0.6) is 0 Å². The Kier molecular flexibility index (Phi) is 4.93. The van der Waals surface area contributed by atoms with Gasteiger partial charge in [0.1, 0.15) is 0 Å². The summed E-state index contributed by atoms with van der Waals surface area (Å²) in [5.74, 6) is -0.400. The number of pyridine rings is 1. The summed E-state index contributed by atoms with van der Waals surface area (Å²) in [7, 11) is 0. The normalized spacial score (nSPS) is 17.5. The highest BCUT2D eigenvalue weighted by Gasteiger charge is 2.34. The highest BCUT2D eigenvalue weighted by Crippen LogP contribution is 2.22. The van der Waals surface area contributed by atoms with Gasteiger partial charge in [-0.05, 0) is 24.3 Å². The Morgan fingerprint density at radius 2 is 2.26 bits per heavy atom. The quantitative estimate of drug-likeness (QED) is 0.902. The first-order chi connectivity index (χ1) is 11.1. The van der Waals surface area contributed by atoms with Gasteiger partial charge < -0.3 is 10.2 Å². The second kappa shape index (κ2) is 7.10. The maximum absolute atomic E-state index is 12.2. The van der Waals surface area contributed by atoms with E-state index in [2.05, 4.69) is 10.3 Å². The first-order valence-corrected chi connectivity index (χ1v) is 8.51. The SMILES string of the molecule is O=C(NCc1ccc(Cl)s1)[C@@H]1CC(=O)N(Cc2ccccn2)C1. The molecule has 0 aliphatic carbocycles. The van der Waals surface area contributed by atoms with Gasteiger partial charge in [0, 0.05) is 24.0 Å². The minimum absolute atomic E-state index is 0.00466. The van der Waals surface area contributed by atoms with Crippen LogP contribution in [0.1, 0.15) is 17.0 Å². The van der Waals surface area contributed by atoms with Gasteiger partial charge in [0.25, 0.3) is 0 Å². The van der Waals surface area contributed by atoms with E-state index in [9.17, 15) is 9.59 Å². The molecule has 0 saturated carbocycles. The van der Waals surface area contributed by atoms with Crippen LogP contribution < -0.4 is 5.32 Å². The fourth-order valence-electron chi connectivity index (χ4n) is 2.55. The maximum Gasteiger partial charge on any atom is 0.225 e. The molecule has 1 aliphatic heterocycles. The van der Waals surface area contributed by atoms with Gasteiger partial charge in [-0.25, -0.2) is 0 Å². The largest absolute Gasteiger partial charge is 0.351 e. The lowest BCUT2D eigenvalue weighted by atomic mass is 10.1. The summed E-state index contributed by atoms with van der Waals surface area (Å²) in [6.07, 6.45) is 1.95. The topological polar surface area (TPSA) is 62.3 Å². The molecule has 23 heavy (non-hydrogen) atoms. The summed E-state index contributed by atoms with van der Waals surface area (Å²) in [5.41, 5.74) is 0.829. The molecule has 7 heteroatoms. The molecular formula is C16H16ClN3O2S. The average Bonchev–Trinajstić information content (AvgIpc) is 3.12. The van der Waals surface area contributed by atoms with Gasteiger partial charge in [0.2, 0.25) is 11.8 Å². The van der Waals surface area contributed by atoms with Gasteiger partial charge >= 0.3 is 0 Å². The molecule has 3 heterocycles. The van der Waals surface area contributed by atoms with Crippen molar-refractivity contribution >= 4 is 34.8 Å². The minimum Gasteiger partial charge on any atom is -0.351 e. The number of carbonyl (C=O) groups is 2. The molecule has 1 fully saturated rings. The molecule has 1 aliphatic rings. The van der Waals surface area contributed by atoms with E-state index in [1.165, 1.54) is 11.3 Å². The molecule has 0 unspecified atom stereocenters. The number of nitrogens with one attached hydrogen (secondary N) is 1. The molecule has 0 radical (unpaired) electrons. The number of aromatic nitrogens is 1. The third kappa shape index (κ3) is 4.09. The summed E-state index contributed by atoms with van der Waals surface area (Å²) in [4.78, 5) is 31.2. The van der Waals surface area contributed by atoms with Crippen molar-refractivity contribution in [1.29, 1.82) is 0 Å². The molecule has 1 N–H and O–H groups in total. The number of nitrogens with zero attached hydrogens (tertiary/aromatic N) is 2. The number of thiophene rings is 1. The predicted octanol–water partition coefficient (Wildman–Crippen LogP) is 2.46. The van der Waals surface area contributed by atoms with Crippen molar-refractivity contribution in [2.75, 3.05) is 6.54 Å². The third-order valence-corrected chi connectivity index (χ3v) is 4.96. The molecule has 2 aromatic heterocycles. The zero-order chi connectivity index (χ0) is 16.2. The highest BCUT2D eigenvalue weighted by atomic mass is 35.5. The number of halogens is 1. The Hall–Kier alpha value is -1.92. The summed E-state index contributed by atoms with van der Waals surface area (Å²) in [6, 6.07) is 9.30. The van der Waals surface area contributed by atoms with Crippen LogP contribution in [0.25, 0.3) is 0 Å². The van der Waals surface area contributed by atoms with Crippen LogP contribution in [0.4, 0.5) is 0 Å². The van der Waals surface area contributed by atoms with E-state index in [4.69, 9.17) is 11.6 Å². The van der Waals surface area contributed by atoms with E-state index in [0.717, 1.165) is 10.6 Å². The molecule has 0 aromatic carbocycles. The van der Waals surface area contributed by atoms with Crippen molar-refractivity contribution in [2.45, 2.75) is 19.5 Å². The number of likely N-dealkylation sites (tertiary alicyclic amines) is 1. The first-order valence-electron chi connectivity index (χ1n) is 7.31. The van der Waals surface area contributed by atoms with E-state index in [-0.39, 0.29) is 24.2 Å². The summed E-state index contributed by atoms with van der Waals surface area (Å²) < 4.78 is 0.701. The van der Waals surface area contributed by atoms with Crippen LogP contribution in [0.3, 0.4) is 0 Å². The first kappa shape index (κ1) is 16.0. The number of hydrogen-bond donors (Lipinski definition) is 1. The average molecular weight is 350 g/mol. The van der Waals surface area contributed by atoms with Crippen molar-refractivity contribution in [3.63, 3.8) is 0 Å². The van der Waals surface area contributed by atoms with Crippen LogP contribution in [0.2, 0.25) is 4.34 Å². The van der Waals surface area contributed by atoms with E-state index >= 15 is 0 Å². The van der Waals surface area contributed by atoms with Crippen molar-refractivity contribution in [1.82, 2.24) is 15.2 Å². The molecule has 1 atom stereocenters. The molecule has 3 rings (SSSR count). The Morgan fingerprint density at radius 1 is 1.39 bits per heavy atom. The summed E-state index contributed by atoms with van der Waals surface area (Å²) >= 11 is 7.31. The van der Waals surface area contributed by atoms with Crippen molar-refractivity contribution < 1.29 is 9.59 Å². The van der Waals surface area contributed by atoms with Gasteiger partial charge in [0.15, 0.2) is 0 Å². The molecule has 120 valence electrons. The molecule has 1 saturated heterocycles. The van der Waals surface area contributed by atoms with Gasteiger partial charge in [0.05, 0.1) is 29.0 Å². The van der Waals surface area contributed by atoms with E-state index in [1.807, 2.05) is 24.3 Å². The molecular weight excluding hydrogens is 334 g/mol. The maximum atomic E-state index is 12.2. The second-order valence-corrected chi connectivity index (χ2v) is 7.22. The fraction of sp³-hybridized carbons (Fsp3) is 0.312. The van der Waals surface area contributed by atoms with Crippen LogP contribution in [-0.2, 0) is 22.7 Å². The Balaban J connectivity index is 1.53. The Labute approximate surface area is 143 Å². The minimum atomic E-state index is -0.304.